The molecule has 1 saturated carbocycles. The second-order valence-electron chi connectivity index (χ2n) is 5.70. The molecule has 0 saturated heterocycles. The zero-order valence-corrected chi connectivity index (χ0v) is 12.0. The molecule has 1 aliphatic carbocycles. The van der Waals surface area contributed by atoms with Gasteiger partial charge in [0.1, 0.15) is 5.75 Å². The summed E-state index contributed by atoms with van der Waals surface area (Å²) < 4.78 is 5.17. The first-order valence-corrected chi connectivity index (χ1v) is 7.19. The monoisotopic (exact) mass is 263 g/mol. The molecule has 0 spiro atoms. The predicted molar refractivity (Wildman–Crippen MR) is 77.7 cm³/mol. The van der Waals surface area contributed by atoms with Crippen LogP contribution in [0.5, 0.6) is 5.75 Å². The van der Waals surface area contributed by atoms with Crippen molar-refractivity contribution in [2.45, 2.75) is 44.1 Å². The first kappa shape index (κ1) is 14.4. The highest BCUT2D eigenvalue weighted by Crippen LogP contribution is 2.30. The maximum atomic E-state index is 9.59. The van der Waals surface area contributed by atoms with Gasteiger partial charge >= 0.3 is 0 Å². The number of aliphatic hydroxyl groups is 1. The third-order valence-corrected chi connectivity index (χ3v) is 4.33. The van der Waals surface area contributed by atoms with Crippen molar-refractivity contribution in [2.24, 2.45) is 0 Å². The largest absolute Gasteiger partial charge is 0.497 e. The van der Waals surface area contributed by atoms with Gasteiger partial charge in [-0.2, -0.15) is 0 Å². The van der Waals surface area contributed by atoms with E-state index >= 15 is 0 Å². The Hall–Kier alpha value is -1.06. The van der Waals surface area contributed by atoms with Crippen LogP contribution in [0.3, 0.4) is 0 Å². The standard InChI is InChI=1S/C16H25NO2/c1-13(14-5-7-15(19-2)8-6-14)11-17-16(12-18)9-3-4-10-16/h5-8,13,17-18H,3-4,9-12H2,1-2H3/t13-/m1/s1. The number of hydrogen-bond donors (Lipinski definition) is 2. The van der Waals surface area contributed by atoms with Crippen molar-refractivity contribution in [3.63, 3.8) is 0 Å². The minimum atomic E-state index is -0.0271. The van der Waals surface area contributed by atoms with Gasteiger partial charge in [0.05, 0.1) is 13.7 Å². The SMILES string of the molecule is COc1ccc([C@H](C)CNC2(CO)CCCC2)cc1. The number of aliphatic hydroxyl groups excluding tert-OH is 1. The topological polar surface area (TPSA) is 41.5 Å². The van der Waals surface area contributed by atoms with Crippen LogP contribution in [0.2, 0.25) is 0 Å². The number of nitrogens with one attached hydrogen (secondary N) is 1. The molecule has 19 heavy (non-hydrogen) atoms. The van der Waals surface area contributed by atoms with E-state index in [-0.39, 0.29) is 12.1 Å². The van der Waals surface area contributed by atoms with Crippen LogP contribution in [0.15, 0.2) is 24.3 Å². The summed E-state index contributed by atoms with van der Waals surface area (Å²) in [5.74, 6) is 1.33. The van der Waals surface area contributed by atoms with Crippen molar-refractivity contribution in [3.05, 3.63) is 29.8 Å². The molecular formula is C16H25NO2. The maximum absolute atomic E-state index is 9.59. The average Bonchev–Trinajstić information content (AvgIpc) is 2.94. The van der Waals surface area contributed by atoms with Gasteiger partial charge in [-0.15, -0.1) is 0 Å². The molecule has 2 rings (SSSR count). The summed E-state index contributed by atoms with van der Waals surface area (Å²) in [5, 5.41) is 13.2. The quantitative estimate of drug-likeness (QED) is 0.829. The van der Waals surface area contributed by atoms with Crippen molar-refractivity contribution < 1.29 is 9.84 Å². The fourth-order valence-electron chi connectivity index (χ4n) is 2.86. The van der Waals surface area contributed by atoms with E-state index in [0.29, 0.717) is 5.92 Å². The molecule has 0 radical (unpaired) electrons. The molecule has 0 heterocycles. The lowest BCUT2D eigenvalue weighted by atomic mass is 9.95. The molecule has 0 bridgehead atoms. The van der Waals surface area contributed by atoms with Gasteiger partial charge in [-0.05, 0) is 36.5 Å². The highest BCUT2D eigenvalue weighted by Gasteiger charge is 2.32. The molecule has 0 aromatic heterocycles. The molecule has 0 aliphatic heterocycles. The first-order valence-electron chi connectivity index (χ1n) is 7.19. The number of hydrogen-bond acceptors (Lipinski definition) is 3. The molecule has 1 atom stereocenters. The van der Waals surface area contributed by atoms with Gasteiger partial charge in [0.25, 0.3) is 0 Å². The van der Waals surface area contributed by atoms with Crippen LogP contribution in [0, 0.1) is 0 Å². The van der Waals surface area contributed by atoms with Crippen molar-refractivity contribution in [1.29, 1.82) is 0 Å². The highest BCUT2D eigenvalue weighted by atomic mass is 16.5. The van der Waals surface area contributed by atoms with Crippen LogP contribution in [0.1, 0.15) is 44.1 Å². The lowest BCUT2D eigenvalue weighted by Gasteiger charge is -2.30. The third kappa shape index (κ3) is 3.48. The summed E-state index contributed by atoms with van der Waals surface area (Å²) in [6, 6.07) is 8.24. The Morgan fingerprint density at radius 1 is 1.26 bits per heavy atom. The smallest absolute Gasteiger partial charge is 0.118 e. The maximum Gasteiger partial charge on any atom is 0.118 e. The Labute approximate surface area is 116 Å². The van der Waals surface area contributed by atoms with E-state index in [1.54, 1.807) is 7.11 Å². The summed E-state index contributed by atoms with van der Waals surface area (Å²) >= 11 is 0. The molecule has 2 N–H and O–H groups in total. The van der Waals surface area contributed by atoms with Crippen LogP contribution in [-0.4, -0.2) is 30.9 Å². The van der Waals surface area contributed by atoms with E-state index in [9.17, 15) is 5.11 Å². The normalized spacial score (nSPS) is 19.3. The summed E-state index contributed by atoms with van der Waals surface area (Å²) in [6.07, 6.45) is 4.65. The van der Waals surface area contributed by atoms with Crippen molar-refractivity contribution in [2.75, 3.05) is 20.3 Å². The van der Waals surface area contributed by atoms with Gasteiger partial charge in [-0.25, -0.2) is 0 Å². The van der Waals surface area contributed by atoms with Gasteiger partial charge in [0.15, 0.2) is 0 Å². The number of rotatable bonds is 6. The van der Waals surface area contributed by atoms with Crippen LogP contribution < -0.4 is 10.1 Å². The third-order valence-electron chi connectivity index (χ3n) is 4.33. The van der Waals surface area contributed by atoms with E-state index in [1.165, 1.54) is 18.4 Å². The summed E-state index contributed by atoms with van der Waals surface area (Å²) in [7, 11) is 1.69. The second kappa shape index (κ2) is 6.40. The summed E-state index contributed by atoms with van der Waals surface area (Å²) in [5.41, 5.74) is 1.28. The Bertz CT molecular complexity index is 382. The fourth-order valence-corrected chi connectivity index (χ4v) is 2.86. The number of benzene rings is 1. The summed E-state index contributed by atoms with van der Waals surface area (Å²) in [6.45, 7) is 3.38. The van der Waals surface area contributed by atoms with Crippen LogP contribution in [0.25, 0.3) is 0 Å². The molecule has 1 aromatic rings. The van der Waals surface area contributed by atoms with Gasteiger partial charge in [0, 0.05) is 12.1 Å². The van der Waals surface area contributed by atoms with Crippen molar-refractivity contribution in [3.8, 4) is 5.75 Å². The molecule has 3 heteroatoms. The lowest BCUT2D eigenvalue weighted by Crippen LogP contribution is -2.47. The van der Waals surface area contributed by atoms with Crippen molar-refractivity contribution >= 4 is 0 Å². The van der Waals surface area contributed by atoms with Crippen molar-refractivity contribution in [1.82, 2.24) is 5.32 Å². The van der Waals surface area contributed by atoms with Gasteiger partial charge in [0.2, 0.25) is 0 Å². The minimum absolute atomic E-state index is 0.0271. The molecule has 3 nitrogen and oxygen atoms in total. The Kier molecular flexibility index (Phi) is 4.83. The van der Waals surface area contributed by atoms with Crippen LogP contribution >= 0.6 is 0 Å². The number of methoxy groups -OCH3 is 1. The molecule has 1 aromatic carbocycles. The summed E-state index contributed by atoms with van der Waals surface area (Å²) in [4.78, 5) is 0. The molecule has 106 valence electrons. The predicted octanol–water partition coefficient (Wildman–Crippen LogP) is 2.69. The molecule has 1 aliphatic rings. The molecule has 1 fully saturated rings. The van der Waals surface area contributed by atoms with E-state index < -0.39 is 0 Å². The first-order chi connectivity index (χ1) is 9.19. The Balaban J connectivity index is 1.91. The van der Waals surface area contributed by atoms with Gasteiger partial charge in [-0.3, -0.25) is 0 Å². The fraction of sp³-hybridized carbons (Fsp3) is 0.625. The Morgan fingerprint density at radius 2 is 1.89 bits per heavy atom. The molecule has 0 unspecified atom stereocenters. The minimum Gasteiger partial charge on any atom is -0.497 e. The van der Waals surface area contributed by atoms with E-state index in [2.05, 4.69) is 24.4 Å². The van der Waals surface area contributed by atoms with E-state index in [0.717, 1.165) is 25.1 Å². The second-order valence-corrected chi connectivity index (χ2v) is 5.70. The number of ether oxygens (including phenoxy) is 1. The zero-order valence-electron chi connectivity index (χ0n) is 12.0. The molecular weight excluding hydrogens is 238 g/mol. The van der Waals surface area contributed by atoms with Crippen LogP contribution in [-0.2, 0) is 0 Å². The van der Waals surface area contributed by atoms with E-state index in [1.807, 2.05) is 12.1 Å². The molecule has 0 amide bonds. The van der Waals surface area contributed by atoms with Gasteiger partial charge in [-0.1, -0.05) is 31.9 Å². The Morgan fingerprint density at radius 3 is 2.42 bits per heavy atom. The lowest BCUT2D eigenvalue weighted by molar-refractivity contribution is 0.163. The zero-order chi connectivity index (χ0) is 13.7. The van der Waals surface area contributed by atoms with E-state index in [4.69, 9.17) is 4.74 Å². The average molecular weight is 263 g/mol. The van der Waals surface area contributed by atoms with Gasteiger partial charge < -0.3 is 15.2 Å². The highest BCUT2D eigenvalue weighted by molar-refractivity contribution is 5.29. The van der Waals surface area contributed by atoms with Crippen LogP contribution in [0.4, 0.5) is 0 Å².